The van der Waals surface area contributed by atoms with E-state index in [1.807, 2.05) is 24.3 Å². The van der Waals surface area contributed by atoms with Gasteiger partial charge in [-0.15, -0.1) is 11.8 Å². The van der Waals surface area contributed by atoms with Crippen LogP contribution in [-0.2, 0) is 4.79 Å². The summed E-state index contributed by atoms with van der Waals surface area (Å²) in [5.74, 6) is 2.23. The first-order valence-electron chi connectivity index (χ1n) is 5.27. The minimum atomic E-state index is -0.211. The molecule has 1 heterocycles. The number of benzene rings is 1. The molecule has 1 aliphatic heterocycles. The Morgan fingerprint density at radius 1 is 1.33 bits per heavy atom. The predicted molar refractivity (Wildman–Crippen MR) is 59.3 cm³/mol. The topological polar surface area (TPSA) is 26.3 Å². The summed E-state index contributed by atoms with van der Waals surface area (Å²) in [4.78, 5) is 13.0. The molecular formula is C12H12O2S. The van der Waals surface area contributed by atoms with Crippen molar-refractivity contribution in [3.8, 4) is 5.75 Å². The lowest BCUT2D eigenvalue weighted by Gasteiger charge is -2.24. The summed E-state index contributed by atoms with van der Waals surface area (Å²) >= 11 is 1.72. The van der Waals surface area contributed by atoms with Crippen LogP contribution in [0, 0.1) is 5.92 Å². The molecule has 1 unspecified atom stereocenters. The van der Waals surface area contributed by atoms with E-state index in [-0.39, 0.29) is 6.10 Å². The SMILES string of the molecule is O=C(C1CC1)C1CSc2ccccc2O1. The Bertz CT molecular complexity index is 398. The van der Waals surface area contributed by atoms with Crippen molar-refractivity contribution in [3.05, 3.63) is 24.3 Å². The Morgan fingerprint density at radius 3 is 2.93 bits per heavy atom. The standard InChI is InChI=1S/C12H12O2S/c13-12(8-5-6-8)10-7-15-11-4-2-1-3-9(11)14-10/h1-4,8,10H,5-7H2. The molecule has 1 aromatic carbocycles. The van der Waals surface area contributed by atoms with Crippen LogP contribution in [0.4, 0.5) is 0 Å². The monoisotopic (exact) mass is 220 g/mol. The molecule has 3 rings (SSSR count). The highest BCUT2D eigenvalue weighted by Crippen LogP contribution is 2.38. The maximum Gasteiger partial charge on any atom is 0.177 e. The van der Waals surface area contributed by atoms with Crippen molar-refractivity contribution in [2.75, 3.05) is 5.75 Å². The number of hydrogen-bond acceptors (Lipinski definition) is 3. The first-order valence-corrected chi connectivity index (χ1v) is 6.25. The second-order valence-corrected chi connectivity index (χ2v) is 5.10. The molecule has 0 amide bonds. The van der Waals surface area contributed by atoms with Crippen molar-refractivity contribution in [1.29, 1.82) is 0 Å². The van der Waals surface area contributed by atoms with Gasteiger partial charge in [0, 0.05) is 16.6 Å². The number of Topliss-reactive ketones (excluding diaryl/α,β-unsaturated/α-hetero) is 1. The van der Waals surface area contributed by atoms with Gasteiger partial charge in [-0.3, -0.25) is 4.79 Å². The number of fused-ring (bicyclic) bond motifs is 1. The summed E-state index contributed by atoms with van der Waals surface area (Å²) in [6.45, 7) is 0. The van der Waals surface area contributed by atoms with Gasteiger partial charge in [0.15, 0.2) is 11.9 Å². The number of carbonyl (C=O) groups is 1. The normalized spacial score (nSPS) is 24.1. The molecule has 0 bridgehead atoms. The molecule has 0 N–H and O–H groups in total. The molecule has 0 spiro atoms. The Balaban J connectivity index is 1.79. The third-order valence-corrected chi connectivity index (χ3v) is 3.92. The fourth-order valence-corrected chi connectivity index (χ4v) is 2.79. The largest absolute Gasteiger partial charge is 0.481 e. The molecule has 0 saturated heterocycles. The van der Waals surface area contributed by atoms with Crippen molar-refractivity contribution in [1.82, 2.24) is 0 Å². The molecular weight excluding hydrogens is 208 g/mol. The van der Waals surface area contributed by atoms with Gasteiger partial charge in [0.05, 0.1) is 0 Å². The van der Waals surface area contributed by atoms with Gasteiger partial charge in [-0.05, 0) is 25.0 Å². The van der Waals surface area contributed by atoms with Crippen LogP contribution in [0.3, 0.4) is 0 Å². The van der Waals surface area contributed by atoms with Crippen molar-refractivity contribution >= 4 is 17.5 Å². The molecule has 78 valence electrons. The summed E-state index contributed by atoms with van der Waals surface area (Å²) < 4.78 is 5.72. The van der Waals surface area contributed by atoms with Gasteiger partial charge in [-0.1, -0.05) is 12.1 Å². The lowest BCUT2D eigenvalue weighted by molar-refractivity contribution is -0.126. The highest BCUT2D eigenvalue weighted by atomic mass is 32.2. The Morgan fingerprint density at radius 2 is 2.13 bits per heavy atom. The molecule has 0 aromatic heterocycles. The number of ketones is 1. The Hall–Kier alpha value is -0.960. The third-order valence-electron chi connectivity index (χ3n) is 2.81. The smallest absolute Gasteiger partial charge is 0.177 e. The molecule has 3 heteroatoms. The highest BCUT2D eigenvalue weighted by molar-refractivity contribution is 7.99. The second-order valence-electron chi connectivity index (χ2n) is 4.04. The van der Waals surface area contributed by atoms with Crippen LogP contribution in [0.2, 0.25) is 0 Å². The van der Waals surface area contributed by atoms with Gasteiger partial charge < -0.3 is 4.74 Å². The van der Waals surface area contributed by atoms with Crippen LogP contribution in [-0.4, -0.2) is 17.6 Å². The summed E-state index contributed by atoms with van der Waals surface area (Å²) in [7, 11) is 0. The van der Waals surface area contributed by atoms with Crippen LogP contribution >= 0.6 is 11.8 Å². The van der Waals surface area contributed by atoms with Crippen LogP contribution in [0.15, 0.2) is 29.2 Å². The Kier molecular flexibility index (Phi) is 2.20. The van der Waals surface area contributed by atoms with Crippen molar-refractivity contribution in [2.45, 2.75) is 23.8 Å². The molecule has 2 nitrogen and oxygen atoms in total. The fourth-order valence-electron chi connectivity index (χ4n) is 1.79. The number of thioether (sulfide) groups is 1. The van der Waals surface area contributed by atoms with Crippen molar-refractivity contribution in [2.24, 2.45) is 5.92 Å². The Labute approximate surface area is 93.0 Å². The maximum atomic E-state index is 11.8. The van der Waals surface area contributed by atoms with Gasteiger partial charge in [0.25, 0.3) is 0 Å². The van der Waals surface area contributed by atoms with E-state index in [2.05, 4.69) is 0 Å². The first kappa shape index (κ1) is 9.28. The van der Waals surface area contributed by atoms with Crippen molar-refractivity contribution < 1.29 is 9.53 Å². The fraction of sp³-hybridized carbons (Fsp3) is 0.417. The number of ether oxygens (including phenoxy) is 1. The van der Waals surface area contributed by atoms with Crippen LogP contribution in [0.5, 0.6) is 5.75 Å². The van der Waals surface area contributed by atoms with Crippen LogP contribution in [0.25, 0.3) is 0 Å². The third kappa shape index (κ3) is 1.76. The highest BCUT2D eigenvalue weighted by Gasteiger charge is 2.37. The summed E-state index contributed by atoms with van der Waals surface area (Å²) in [5, 5.41) is 0. The van der Waals surface area contributed by atoms with Crippen molar-refractivity contribution in [3.63, 3.8) is 0 Å². The van der Waals surface area contributed by atoms with Gasteiger partial charge in [-0.25, -0.2) is 0 Å². The molecule has 1 fully saturated rings. The van der Waals surface area contributed by atoms with E-state index >= 15 is 0 Å². The zero-order chi connectivity index (χ0) is 10.3. The predicted octanol–water partition coefficient (Wildman–Crippen LogP) is 2.52. The van der Waals surface area contributed by atoms with Crippen LogP contribution in [0.1, 0.15) is 12.8 Å². The van der Waals surface area contributed by atoms with E-state index in [0.717, 1.165) is 29.2 Å². The molecule has 1 aromatic rings. The average Bonchev–Trinajstić information content (AvgIpc) is 3.11. The van der Waals surface area contributed by atoms with Gasteiger partial charge in [0.2, 0.25) is 0 Å². The number of rotatable bonds is 2. The van der Waals surface area contributed by atoms with Gasteiger partial charge >= 0.3 is 0 Å². The van der Waals surface area contributed by atoms with E-state index in [0.29, 0.717) is 11.7 Å². The van der Waals surface area contributed by atoms with E-state index in [9.17, 15) is 4.79 Å². The van der Waals surface area contributed by atoms with E-state index in [4.69, 9.17) is 4.74 Å². The first-order chi connectivity index (χ1) is 7.34. The molecule has 0 radical (unpaired) electrons. The molecule has 1 saturated carbocycles. The minimum Gasteiger partial charge on any atom is -0.481 e. The average molecular weight is 220 g/mol. The zero-order valence-electron chi connectivity index (χ0n) is 8.31. The van der Waals surface area contributed by atoms with Gasteiger partial charge in [-0.2, -0.15) is 0 Å². The summed E-state index contributed by atoms with van der Waals surface area (Å²) in [6.07, 6.45) is 1.91. The number of hydrogen-bond donors (Lipinski definition) is 0. The molecule has 15 heavy (non-hydrogen) atoms. The van der Waals surface area contributed by atoms with Crippen LogP contribution < -0.4 is 4.74 Å². The number of carbonyl (C=O) groups excluding carboxylic acids is 1. The maximum absolute atomic E-state index is 11.8. The zero-order valence-corrected chi connectivity index (χ0v) is 9.13. The molecule has 1 aliphatic carbocycles. The summed E-state index contributed by atoms with van der Waals surface area (Å²) in [5.41, 5.74) is 0. The second kappa shape index (κ2) is 3.56. The lowest BCUT2D eigenvalue weighted by Crippen LogP contribution is -2.33. The molecule has 1 atom stereocenters. The van der Waals surface area contributed by atoms with E-state index < -0.39 is 0 Å². The van der Waals surface area contributed by atoms with E-state index in [1.165, 1.54) is 0 Å². The lowest BCUT2D eigenvalue weighted by atomic mass is 10.1. The number of para-hydroxylation sites is 1. The minimum absolute atomic E-state index is 0.211. The van der Waals surface area contributed by atoms with Gasteiger partial charge in [0.1, 0.15) is 5.75 Å². The molecule has 2 aliphatic rings. The quantitative estimate of drug-likeness (QED) is 0.766. The van der Waals surface area contributed by atoms with E-state index in [1.54, 1.807) is 11.8 Å². The summed E-state index contributed by atoms with van der Waals surface area (Å²) in [6, 6.07) is 7.92.